The van der Waals surface area contributed by atoms with E-state index in [1.54, 1.807) is 6.21 Å². The molecule has 0 aliphatic rings. The number of hydrogen-bond donors (Lipinski definition) is 1. The molecular weight excluding hydrogens is 212 g/mol. The van der Waals surface area contributed by atoms with Crippen LogP contribution in [0.1, 0.15) is 32.4 Å². The van der Waals surface area contributed by atoms with E-state index in [0.29, 0.717) is 5.92 Å². The van der Waals surface area contributed by atoms with Crippen LogP contribution >= 0.6 is 0 Å². The third kappa shape index (κ3) is 5.29. The summed E-state index contributed by atoms with van der Waals surface area (Å²) in [7, 11) is 0. The van der Waals surface area contributed by atoms with E-state index >= 15 is 0 Å². The maximum Gasteiger partial charge on any atom is 0.242 e. The topological polar surface area (TPSA) is 41.5 Å². The molecule has 3 heteroatoms. The SMILES string of the molecule is CC(C)C=NCC(=O)N[C@H](C)c1ccccc1. The van der Waals surface area contributed by atoms with Gasteiger partial charge in [0, 0.05) is 6.21 Å². The Balaban J connectivity index is 2.41. The maximum absolute atomic E-state index is 11.6. The van der Waals surface area contributed by atoms with Gasteiger partial charge in [-0.25, -0.2) is 0 Å². The number of carbonyl (C=O) groups is 1. The number of aliphatic imine (C=N–C) groups is 1. The van der Waals surface area contributed by atoms with Crippen molar-refractivity contribution >= 4 is 12.1 Å². The Morgan fingerprint density at radius 2 is 1.94 bits per heavy atom. The molecule has 0 heterocycles. The number of hydrogen-bond acceptors (Lipinski definition) is 2. The molecule has 1 amide bonds. The lowest BCUT2D eigenvalue weighted by molar-refractivity contribution is -0.120. The summed E-state index contributed by atoms with van der Waals surface area (Å²) in [4.78, 5) is 15.7. The van der Waals surface area contributed by atoms with Gasteiger partial charge in [0.05, 0.1) is 6.04 Å². The lowest BCUT2D eigenvalue weighted by Crippen LogP contribution is -2.28. The molecule has 0 spiro atoms. The zero-order valence-electron chi connectivity index (χ0n) is 10.7. The number of benzene rings is 1. The van der Waals surface area contributed by atoms with Gasteiger partial charge >= 0.3 is 0 Å². The van der Waals surface area contributed by atoms with E-state index in [9.17, 15) is 4.79 Å². The van der Waals surface area contributed by atoms with Crippen LogP contribution in [0.5, 0.6) is 0 Å². The van der Waals surface area contributed by atoms with E-state index in [1.165, 1.54) is 0 Å². The second-order valence-corrected chi connectivity index (χ2v) is 4.43. The Morgan fingerprint density at radius 1 is 1.29 bits per heavy atom. The van der Waals surface area contributed by atoms with E-state index in [1.807, 2.05) is 51.1 Å². The smallest absolute Gasteiger partial charge is 0.242 e. The standard InChI is InChI=1S/C14H20N2O/c1-11(2)9-15-10-14(17)16-12(3)13-7-5-4-6-8-13/h4-9,11-12H,10H2,1-3H3,(H,16,17)/t12-/m1/s1. The minimum absolute atomic E-state index is 0.0259. The van der Waals surface area contributed by atoms with E-state index in [-0.39, 0.29) is 18.5 Å². The fourth-order valence-electron chi connectivity index (χ4n) is 1.46. The molecule has 0 bridgehead atoms. The molecular formula is C14H20N2O. The second-order valence-electron chi connectivity index (χ2n) is 4.43. The second kappa shape index (κ2) is 6.84. The van der Waals surface area contributed by atoms with Gasteiger partial charge in [-0.3, -0.25) is 9.79 Å². The van der Waals surface area contributed by atoms with Crippen LogP contribution in [0, 0.1) is 5.92 Å². The number of amides is 1. The normalized spacial score (nSPS) is 12.9. The summed E-state index contributed by atoms with van der Waals surface area (Å²) in [5.41, 5.74) is 1.11. The van der Waals surface area contributed by atoms with Crippen LogP contribution in [-0.2, 0) is 4.79 Å². The number of carbonyl (C=O) groups excluding carboxylic acids is 1. The third-order valence-electron chi connectivity index (χ3n) is 2.32. The summed E-state index contributed by atoms with van der Waals surface area (Å²) in [6.07, 6.45) is 1.80. The summed E-state index contributed by atoms with van der Waals surface area (Å²) < 4.78 is 0. The van der Waals surface area contributed by atoms with E-state index < -0.39 is 0 Å². The molecule has 1 N–H and O–H groups in total. The Morgan fingerprint density at radius 3 is 2.53 bits per heavy atom. The van der Waals surface area contributed by atoms with Gasteiger partial charge in [-0.2, -0.15) is 0 Å². The van der Waals surface area contributed by atoms with Crippen molar-refractivity contribution in [2.75, 3.05) is 6.54 Å². The molecule has 1 aromatic carbocycles. The first-order chi connectivity index (χ1) is 8.09. The van der Waals surface area contributed by atoms with Crippen LogP contribution in [-0.4, -0.2) is 18.7 Å². The van der Waals surface area contributed by atoms with Gasteiger partial charge in [-0.15, -0.1) is 0 Å². The van der Waals surface area contributed by atoms with Crippen molar-refractivity contribution in [1.29, 1.82) is 0 Å². The zero-order valence-corrected chi connectivity index (χ0v) is 10.7. The van der Waals surface area contributed by atoms with Gasteiger partial charge in [0.1, 0.15) is 6.54 Å². The van der Waals surface area contributed by atoms with Gasteiger partial charge in [0.15, 0.2) is 0 Å². The fourth-order valence-corrected chi connectivity index (χ4v) is 1.46. The lowest BCUT2D eigenvalue weighted by atomic mass is 10.1. The third-order valence-corrected chi connectivity index (χ3v) is 2.32. The summed E-state index contributed by atoms with van der Waals surface area (Å²) in [6, 6.07) is 9.93. The molecule has 17 heavy (non-hydrogen) atoms. The molecule has 92 valence electrons. The van der Waals surface area contributed by atoms with E-state index in [2.05, 4.69) is 10.3 Å². The minimum atomic E-state index is -0.0433. The molecule has 0 aliphatic heterocycles. The molecule has 0 radical (unpaired) electrons. The molecule has 3 nitrogen and oxygen atoms in total. The van der Waals surface area contributed by atoms with Gasteiger partial charge in [0.25, 0.3) is 0 Å². The maximum atomic E-state index is 11.6. The summed E-state index contributed by atoms with van der Waals surface area (Å²) in [5.74, 6) is 0.340. The first-order valence-electron chi connectivity index (χ1n) is 5.94. The molecule has 0 saturated heterocycles. The molecule has 0 saturated carbocycles. The number of nitrogens with zero attached hydrogens (tertiary/aromatic N) is 1. The van der Waals surface area contributed by atoms with E-state index in [4.69, 9.17) is 0 Å². The van der Waals surface area contributed by atoms with E-state index in [0.717, 1.165) is 5.56 Å². The van der Waals surface area contributed by atoms with Crippen molar-refractivity contribution in [3.63, 3.8) is 0 Å². The monoisotopic (exact) mass is 232 g/mol. The molecule has 0 aliphatic carbocycles. The molecule has 0 unspecified atom stereocenters. The van der Waals surface area contributed by atoms with Crippen LogP contribution in [0.15, 0.2) is 35.3 Å². The highest BCUT2D eigenvalue weighted by Crippen LogP contribution is 2.10. The Bertz CT molecular complexity index is 371. The number of nitrogens with one attached hydrogen (secondary N) is 1. The first-order valence-corrected chi connectivity index (χ1v) is 5.94. The van der Waals surface area contributed by atoms with Crippen molar-refractivity contribution in [1.82, 2.24) is 5.32 Å². The van der Waals surface area contributed by atoms with Crippen molar-refractivity contribution in [3.05, 3.63) is 35.9 Å². The highest BCUT2D eigenvalue weighted by molar-refractivity contribution is 5.80. The molecule has 1 aromatic rings. The molecule has 1 atom stereocenters. The van der Waals surface area contributed by atoms with Crippen molar-refractivity contribution in [3.8, 4) is 0 Å². The van der Waals surface area contributed by atoms with Gasteiger partial charge in [-0.1, -0.05) is 44.2 Å². The number of rotatable bonds is 5. The minimum Gasteiger partial charge on any atom is -0.348 e. The predicted molar refractivity (Wildman–Crippen MR) is 71.2 cm³/mol. The highest BCUT2D eigenvalue weighted by atomic mass is 16.1. The van der Waals surface area contributed by atoms with Gasteiger partial charge in [-0.05, 0) is 18.4 Å². The van der Waals surface area contributed by atoms with Crippen molar-refractivity contribution < 1.29 is 4.79 Å². The Kier molecular flexibility index (Phi) is 5.40. The molecule has 0 fully saturated rings. The molecule has 0 aromatic heterocycles. The van der Waals surface area contributed by atoms with Crippen LogP contribution in [0.2, 0.25) is 0 Å². The Hall–Kier alpha value is -1.64. The average molecular weight is 232 g/mol. The summed E-state index contributed by atoms with van der Waals surface area (Å²) >= 11 is 0. The lowest BCUT2D eigenvalue weighted by Gasteiger charge is -2.13. The summed E-state index contributed by atoms with van der Waals surface area (Å²) in [6.45, 7) is 6.25. The Labute approximate surface area is 103 Å². The average Bonchev–Trinajstić information content (AvgIpc) is 2.29. The largest absolute Gasteiger partial charge is 0.348 e. The quantitative estimate of drug-likeness (QED) is 0.779. The van der Waals surface area contributed by atoms with Crippen LogP contribution in [0.3, 0.4) is 0 Å². The fraction of sp³-hybridized carbons (Fsp3) is 0.429. The van der Waals surface area contributed by atoms with Gasteiger partial charge < -0.3 is 5.32 Å². The predicted octanol–water partition coefficient (Wildman–Crippen LogP) is 2.59. The highest BCUT2D eigenvalue weighted by Gasteiger charge is 2.07. The zero-order chi connectivity index (χ0) is 12.7. The van der Waals surface area contributed by atoms with Crippen LogP contribution in [0.25, 0.3) is 0 Å². The summed E-state index contributed by atoms with van der Waals surface area (Å²) in [5, 5.41) is 2.92. The first kappa shape index (κ1) is 13.4. The molecule has 1 rings (SSSR count). The van der Waals surface area contributed by atoms with Crippen LogP contribution in [0.4, 0.5) is 0 Å². The van der Waals surface area contributed by atoms with Gasteiger partial charge in [0.2, 0.25) is 5.91 Å². The van der Waals surface area contributed by atoms with Crippen LogP contribution < -0.4 is 5.32 Å². The van der Waals surface area contributed by atoms with Crippen molar-refractivity contribution in [2.45, 2.75) is 26.8 Å². The van der Waals surface area contributed by atoms with Crippen molar-refractivity contribution in [2.24, 2.45) is 10.9 Å².